The first-order valence-electron chi connectivity index (χ1n) is 8.31. The van der Waals surface area contributed by atoms with Crippen molar-refractivity contribution >= 4 is 11.9 Å². The standard InChI is InChI=1S/C15H21N3O.C2HF3O2/c1-15(2)10-18(9-8-16-15)14(19)13-5-3-4-12(17-13)11-6-7-11;3-2(4,5)1(6)7/h3-5,11,16H,6-10H2,1-2H3;(H,6,7). The normalized spacial score (nSPS) is 19.3. The van der Waals surface area contributed by atoms with Crippen LogP contribution in [0.4, 0.5) is 13.2 Å². The van der Waals surface area contributed by atoms with Crippen LogP contribution in [0.5, 0.6) is 0 Å². The van der Waals surface area contributed by atoms with Crippen molar-refractivity contribution in [3.63, 3.8) is 0 Å². The van der Waals surface area contributed by atoms with Crippen molar-refractivity contribution in [2.75, 3.05) is 19.6 Å². The molecule has 0 bridgehead atoms. The summed E-state index contributed by atoms with van der Waals surface area (Å²) < 4.78 is 31.7. The van der Waals surface area contributed by atoms with Gasteiger partial charge in [0, 0.05) is 36.8 Å². The number of nitrogens with one attached hydrogen (secondary N) is 1. The SMILES string of the molecule is CC1(C)CN(C(=O)c2cccc(C3CC3)n2)CCN1.O=C(O)C(F)(F)F. The Morgan fingerprint density at radius 3 is 2.42 bits per heavy atom. The lowest BCUT2D eigenvalue weighted by Crippen LogP contribution is -2.58. The molecule has 0 aromatic carbocycles. The highest BCUT2D eigenvalue weighted by Gasteiger charge is 2.38. The van der Waals surface area contributed by atoms with Crippen molar-refractivity contribution in [1.29, 1.82) is 0 Å². The fraction of sp³-hybridized carbons (Fsp3) is 0.588. The molecule has 2 heterocycles. The summed E-state index contributed by atoms with van der Waals surface area (Å²) in [5.74, 6) is -2.10. The minimum absolute atomic E-state index is 0.0119. The Kier molecular flexibility index (Phi) is 5.90. The lowest BCUT2D eigenvalue weighted by molar-refractivity contribution is -0.192. The van der Waals surface area contributed by atoms with Crippen LogP contribution in [0.1, 0.15) is 48.8 Å². The number of aliphatic carboxylic acids is 1. The van der Waals surface area contributed by atoms with Gasteiger partial charge in [-0.25, -0.2) is 9.78 Å². The van der Waals surface area contributed by atoms with Crippen molar-refractivity contribution in [3.05, 3.63) is 29.6 Å². The Labute approximate surface area is 149 Å². The lowest BCUT2D eigenvalue weighted by Gasteiger charge is -2.39. The number of hydrogen-bond acceptors (Lipinski definition) is 4. The van der Waals surface area contributed by atoms with Crippen molar-refractivity contribution in [3.8, 4) is 0 Å². The zero-order valence-corrected chi connectivity index (χ0v) is 14.6. The number of halogens is 3. The molecule has 2 aliphatic rings. The molecule has 9 heteroatoms. The molecule has 1 aliphatic carbocycles. The van der Waals surface area contributed by atoms with E-state index in [1.165, 1.54) is 12.8 Å². The molecular formula is C17H22F3N3O3. The van der Waals surface area contributed by atoms with Gasteiger partial charge in [0.05, 0.1) is 0 Å². The molecule has 144 valence electrons. The highest BCUT2D eigenvalue weighted by molar-refractivity contribution is 5.92. The first kappa shape index (κ1) is 20.2. The van der Waals surface area contributed by atoms with Crippen LogP contribution in [0.2, 0.25) is 0 Å². The average molecular weight is 373 g/mol. The fourth-order valence-corrected chi connectivity index (χ4v) is 2.65. The van der Waals surface area contributed by atoms with Crippen LogP contribution in [-0.2, 0) is 4.79 Å². The highest BCUT2D eigenvalue weighted by atomic mass is 19.4. The third kappa shape index (κ3) is 5.69. The van der Waals surface area contributed by atoms with Gasteiger partial charge < -0.3 is 15.3 Å². The summed E-state index contributed by atoms with van der Waals surface area (Å²) in [5, 5.41) is 10.5. The van der Waals surface area contributed by atoms with Crippen LogP contribution in [-0.4, -0.2) is 58.2 Å². The van der Waals surface area contributed by atoms with Gasteiger partial charge in [-0.05, 0) is 38.8 Å². The Bertz CT molecular complexity index is 673. The molecule has 3 rings (SSSR count). The van der Waals surface area contributed by atoms with Gasteiger partial charge in [-0.3, -0.25) is 4.79 Å². The maximum absolute atomic E-state index is 12.5. The minimum atomic E-state index is -5.08. The van der Waals surface area contributed by atoms with E-state index in [4.69, 9.17) is 9.90 Å². The topological polar surface area (TPSA) is 82.5 Å². The Morgan fingerprint density at radius 2 is 1.92 bits per heavy atom. The molecule has 1 aliphatic heterocycles. The van der Waals surface area contributed by atoms with E-state index in [0.29, 0.717) is 11.6 Å². The van der Waals surface area contributed by atoms with E-state index in [0.717, 1.165) is 25.3 Å². The van der Waals surface area contributed by atoms with E-state index in [-0.39, 0.29) is 11.4 Å². The van der Waals surface area contributed by atoms with Gasteiger partial charge in [0.25, 0.3) is 5.91 Å². The summed E-state index contributed by atoms with van der Waals surface area (Å²) in [6, 6.07) is 5.83. The molecule has 2 fully saturated rings. The fourth-order valence-electron chi connectivity index (χ4n) is 2.65. The predicted octanol–water partition coefficient (Wildman–Crippen LogP) is 2.42. The number of aromatic nitrogens is 1. The number of carboxylic acid groups (broad SMARTS) is 1. The van der Waals surface area contributed by atoms with E-state index in [9.17, 15) is 18.0 Å². The monoisotopic (exact) mass is 373 g/mol. The van der Waals surface area contributed by atoms with E-state index in [1.807, 2.05) is 23.1 Å². The Balaban J connectivity index is 0.000000298. The zero-order chi connectivity index (χ0) is 19.5. The molecule has 1 aromatic heterocycles. The summed E-state index contributed by atoms with van der Waals surface area (Å²) in [6.07, 6.45) is -2.66. The van der Waals surface area contributed by atoms with Crippen molar-refractivity contribution in [1.82, 2.24) is 15.2 Å². The second kappa shape index (κ2) is 7.61. The second-order valence-corrected chi connectivity index (χ2v) is 7.06. The van der Waals surface area contributed by atoms with Gasteiger partial charge in [-0.1, -0.05) is 6.07 Å². The van der Waals surface area contributed by atoms with E-state index >= 15 is 0 Å². The third-order valence-corrected chi connectivity index (χ3v) is 4.09. The summed E-state index contributed by atoms with van der Waals surface area (Å²) >= 11 is 0. The summed E-state index contributed by atoms with van der Waals surface area (Å²) in [4.78, 5) is 27.9. The van der Waals surface area contributed by atoms with Gasteiger partial charge in [0.1, 0.15) is 5.69 Å². The average Bonchev–Trinajstić information content (AvgIpc) is 3.38. The summed E-state index contributed by atoms with van der Waals surface area (Å²) in [7, 11) is 0. The molecule has 1 saturated heterocycles. The van der Waals surface area contributed by atoms with Gasteiger partial charge in [0.2, 0.25) is 0 Å². The Morgan fingerprint density at radius 1 is 1.31 bits per heavy atom. The number of hydrogen-bond donors (Lipinski definition) is 2. The number of alkyl halides is 3. The quantitative estimate of drug-likeness (QED) is 0.832. The first-order valence-corrected chi connectivity index (χ1v) is 8.31. The van der Waals surface area contributed by atoms with Crippen molar-refractivity contribution < 1.29 is 27.9 Å². The van der Waals surface area contributed by atoms with Crippen LogP contribution >= 0.6 is 0 Å². The molecule has 6 nitrogen and oxygen atoms in total. The molecule has 1 amide bonds. The van der Waals surface area contributed by atoms with Gasteiger partial charge in [-0.15, -0.1) is 0 Å². The number of carbonyl (C=O) groups excluding carboxylic acids is 1. The molecule has 1 saturated carbocycles. The largest absolute Gasteiger partial charge is 0.490 e. The molecular weight excluding hydrogens is 351 g/mol. The zero-order valence-electron chi connectivity index (χ0n) is 14.6. The predicted molar refractivity (Wildman–Crippen MR) is 87.9 cm³/mol. The van der Waals surface area contributed by atoms with Crippen molar-refractivity contribution in [2.45, 2.75) is 44.3 Å². The van der Waals surface area contributed by atoms with Crippen LogP contribution in [0, 0.1) is 0 Å². The number of piperazine rings is 1. The smallest absolute Gasteiger partial charge is 0.475 e. The third-order valence-electron chi connectivity index (χ3n) is 4.09. The van der Waals surface area contributed by atoms with Gasteiger partial charge in [0.15, 0.2) is 0 Å². The molecule has 26 heavy (non-hydrogen) atoms. The van der Waals surface area contributed by atoms with E-state index in [2.05, 4.69) is 24.1 Å². The second-order valence-electron chi connectivity index (χ2n) is 7.06. The molecule has 0 radical (unpaired) electrons. The maximum atomic E-state index is 12.5. The molecule has 0 unspecified atom stereocenters. The van der Waals surface area contributed by atoms with E-state index < -0.39 is 12.1 Å². The molecule has 2 N–H and O–H groups in total. The minimum Gasteiger partial charge on any atom is -0.475 e. The van der Waals surface area contributed by atoms with Gasteiger partial charge in [-0.2, -0.15) is 13.2 Å². The lowest BCUT2D eigenvalue weighted by atomic mass is 10.0. The Hall–Kier alpha value is -2.16. The number of carboxylic acids is 1. The summed E-state index contributed by atoms with van der Waals surface area (Å²) in [6.45, 7) is 6.60. The molecule has 1 aromatic rings. The van der Waals surface area contributed by atoms with Crippen LogP contribution < -0.4 is 5.32 Å². The van der Waals surface area contributed by atoms with Gasteiger partial charge >= 0.3 is 12.1 Å². The maximum Gasteiger partial charge on any atom is 0.490 e. The highest BCUT2D eigenvalue weighted by Crippen LogP contribution is 2.38. The first-order chi connectivity index (χ1) is 12.0. The number of rotatable bonds is 2. The summed E-state index contributed by atoms with van der Waals surface area (Å²) in [5.41, 5.74) is 1.67. The number of amides is 1. The number of nitrogens with zero attached hydrogens (tertiary/aromatic N) is 2. The van der Waals surface area contributed by atoms with Crippen LogP contribution in [0.3, 0.4) is 0 Å². The van der Waals surface area contributed by atoms with E-state index in [1.54, 1.807) is 0 Å². The number of carbonyl (C=O) groups is 2. The molecule has 0 atom stereocenters. The van der Waals surface area contributed by atoms with Crippen molar-refractivity contribution in [2.24, 2.45) is 0 Å². The number of pyridine rings is 1. The van der Waals surface area contributed by atoms with Crippen LogP contribution in [0.25, 0.3) is 0 Å². The van der Waals surface area contributed by atoms with Crippen LogP contribution in [0.15, 0.2) is 18.2 Å². The molecule has 0 spiro atoms.